The molecule has 0 aromatic heterocycles. The smallest absolute Gasteiger partial charge is 0.0571 e. The SMILES string of the molecule is C=CCCC(O)C1CCC(CCCC)CC1. The number of unbranched alkanes of at least 4 members (excludes halogenated alkanes) is 1. The Bertz CT molecular complexity index is 180. The topological polar surface area (TPSA) is 20.2 Å². The highest BCUT2D eigenvalue weighted by molar-refractivity contribution is 4.79. The maximum Gasteiger partial charge on any atom is 0.0571 e. The molecule has 1 aliphatic rings. The van der Waals surface area contributed by atoms with Crippen LogP contribution in [0.3, 0.4) is 0 Å². The number of hydrogen-bond acceptors (Lipinski definition) is 1. The summed E-state index contributed by atoms with van der Waals surface area (Å²) in [5.41, 5.74) is 0. The van der Waals surface area contributed by atoms with Crippen molar-refractivity contribution in [1.29, 1.82) is 0 Å². The van der Waals surface area contributed by atoms with E-state index in [2.05, 4.69) is 13.5 Å². The lowest BCUT2D eigenvalue weighted by molar-refractivity contribution is 0.0663. The Morgan fingerprint density at radius 2 is 2.00 bits per heavy atom. The van der Waals surface area contributed by atoms with Crippen LogP contribution in [-0.2, 0) is 0 Å². The minimum absolute atomic E-state index is 0.0786. The Morgan fingerprint density at radius 1 is 1.31 bits per heavy atom. The molecule has 0 spiro atoms. The van der Waals surface area contributed by atoms with Crippen molar-refractivity contribution in [3.8, 4) is 0 Å². The summed E-state index contributed by atoms with van der Waals surface area (Å²) in [6.07, 6.45) is 13.0. The standard InChI is InChI=1S/C15H28O/c1-3-5-7-13-9-11-14(12-10-13)15(16)8-6-4-2/h4,13-16H,2-3,5-12H2,1H3. The third-order valence-electron chi connectivity index (χ3n) is 4.07. The van der Waals surface area contributed by atoms with Crippen LogP contribution < -0.4 is 0 Å². The lowest BCUT2D eigenvalue weighted by Crippen LogP contribution is -2.25. The summed E-state index contributed by atoms with van der Waals surface area (Å²) in [6, 6.07) is 0. The second-order valence-electron chi connectivity index (χ2n) is 5.36. The van der Waals surface area contributed by atoms with Gasteiger partial charge in [-0.1, -0.05) is 45.1 Å². The first-order valence-electron chi connectivity index (χ1n) is 7.06. The van der Waals surface area contributed by atoms with Crippen LogP contribution in [0.2, 0.25) is 0 Å². The van der Waals surface area contributed by atoms with Crippen LogP contribution in [-0.4, -0.2) is 11.2 Å². The van der Waals surface area contributed by atoms with Gasteiger partial charge in [0.25, 0.3) is 0 Å². The molecule has 0 saturated heterocycles. The molecule has 0 aromatic carbocycles. The van der Waals surface area contributed by atoms with Crippen LogP contribution in [0.15, 0.2) is 12.7 Å². The van der Waals surface area contributed by atoms with Gasteiger partial charge >= 0.3 is 0 Å². The largest absolute Gasteiger partial charge is 0.393 e. The predicted molar refractivity (Wildman–Crippen MR) is 70.4 cm³/mol. The zero-order chi connectivity index (χ0) is 11.8. The van der Waals surface area contributed by atoms with Gasteiger partial charge < -0.3 is 5.11 Å². The summed E-state index contributed by atoms with van der Waals surface area (Å²) in [7, 11) is 0. The Labute approximate surface area is 101 Å². The Morgan fingerprint density at radius 3 is 2.56 bits per heavy atom. The van der Waals surface area contributed by atoms with E-state index < -0.39 is 0 Å². The normalized spacial score (nSPS) is 27.6. The molecule has 0 radical (unpaired) electrons. The molecule has 1 saturated carbocycles. The zero-order valence-electron chi connectivity index (χ0n) is 10.8. The van der Waals surface area contributed by atoms with E-state index in [1.165, 1.54) is 44.9 Å². The second-order valence-corrected chi connectivity index (χ2v) is 5.36. The molecule has 1 fully saturated rings. The highest BCUT2D eigenvalue weighted by Crippen LogP contribution is 2.34. The van der Waals surface area contributed by atoms with Crippen molar-refractivity contribution in [3.63, 3.8) is 0 Å². The third-order valence-corrected chi connectivity index (χ3v) is 4.07. The van der Waals surface area contributed by atoms with Gasteiger partial charge in [-0.2, -0.15) is 0 Å². The third kappa shape index (κ3) is 4.69. The summed E-state index contributed by atoms with van der Waals surface area (Å²) >= 11 is 0. The highest BCUT2D eigenvalue weighted by Gasteiger charge is 2.25. The van der Waals surface area contributed by atoms with E-state index in [0.717, 1.165) is 18.8 Å². The lowest BCUT2D eigenvalue weighted by atomic mass is 9.77. The van der Waals surface area contributed by atoms with Gasteiger partial charge in [0.2, 0.25) is 0 Å². The Hall–Kier alpha value is -0.300. The fourth-order valence-corrected chi connectivity index (χ4v) is 2.88. The van der Waals surface area contributed by atoms with Crippen molar-refractivity contribution in [1.82, 2.24) is 0 Å². The van der Waals surface area contributed by atoms with Crippen LogP contribution in [0.4, 0.5) is 0 Å². The van der Waals surface area contributed by atoms with Crippen molar-refractivity contribution >= 4 is 0 Å². The van der Waals surface area contributed by atoms with Crippen molar-refractivity contribution in [2.75, 3.05) is 0 Å². The van der Waals surface area contributed by atoms with Crippen molar-refractivity contribution in [2.45, 2.75) is 70.8 Å². The van der Waals surface area contributed by atoms with Gasteiger partial charge in [0.15, 0.2) is 0 Å². The molecule has 16 heavy (non-hydrogen) atoms. The van der Waals surface area contributed by atoms with Crippen LogP contribution in [0.5, 0.6) is 0 Å². The number of aliphatic hydroxyl groups is 1. The lowest BCUT2D eigenvalue weighted by Gasteiger charge is -2.31. The van der Waals surface area contributed by atoms with Crippen LogP contribution in [0.1, 0.15) is 64.7 Å². The van der Waals surface area contributed by atoms with E-state index in [1.807, 2.05) is 6.08 Å². The summed E-state index contributed by atoms with van der Waals surface area (Å²) in [5.74, 6) is 1.51. The molecule has 1 atom stereocenters. The molecule has 0 aliphatic heterocycles. The molecule has 0 aromatic rings. The number of aliphatic hydroxyl groups excluding tert-OH is 1. The van der Waals surface area contributed by atoms with Crippen LogP contribution >= 0.6 is 0 Å². The quantitative estimate of drug-likeness (QED) is 0.639. The number of allylic oxidation sites excluding steroid dienone is 1. The highest BCUT2D eigenvalue weighted by atomic mass is 16.3. The van der Waals surface area contributed by atoms with E-state index in [9.17, 15) is 5.11 Å². The van der Waals surface area contributed by atoms with Gasteiger partial charge in [-0.3, -0.25) is 0 Å². The van der Waals surface area contributed by atoms with Gasteiger partial charge in [-0.25, -0.2) is 0 Å². The van der Waals surface area contributed by atoms with Gasteiger partial charge in [-0.05, 0) is 37.5 Å². The molecule has 0 bridgehead atoms. The van der Waals surface area contributed by atoms with Gasteiger partial charge in [0.05, 0.1) is 6.10 Å². The van der Waals surface area contributed by atoms with Crippen molar-refractivity contribution < 1.29 is 5.11 Å². The maximum absolute atomic E-state index is 10.0. The minimum Gasteiger partial charge on any atom is -0.393 e. The summed E-state index contributed by atoms with van der Waals surface area (Å²) in [5, 5.41) is 10.0. The summed E-state index contributed by atoms with van der Waals surface area (Å²) in [6.45, 7) is 5.98. The molecular weight excluding hydrogens is 196 g/mol. The van der Waals surface area contributed by atoms with Crippen LogP contribution in [0, 0.1) is 11.8 Å². The molecule has 0 heterocycles. The summed E-state index contributed by atoms with van der Waals surface area (Å²) in [4.78, 5) is 0. The molecular formula is C15H28O. The maximum atomic E-state index is 10.0. The predicted octanol–water partition coefficient (Wildman–Crippen LogP) is 4.31. The summed E-state index contributed by atoms with van der Waals surface area (Å²) < 4.78 is 0. The van der Waals surface area contributed by atoms with E-state index >= 15 is 0 Å². The van der Waals surface area contributed by atoms with E-state index in [4.69, 9.17) is 0 Å². The van der Waals surface area contributed by atoms with Gasteiger partial charge in [0, 0.05) is 0 Å². The first-order chi connectivity index (χ1) is 7.77. The fourth-order valence-electron chi connectivity index (χ4n) is 2.88. The molecule has 1 N–H and O–H groups in total. The molecule has 1 unspecified atom stereocenters. The molecule has 1 aliphatic carbocycles. The first kappa shape index (κ1) is 13.8. The van der Waals surface area contributed by atoms with Crippen molar-refractivity contribution in [2.24, 2.45) is 11.8 Å². The molecule has 1 nitrogen and oxygen atoms in total. The number of rotatable bonds is 7. The molecule has 1 heteroatoms. The van der Waals surface area contributed by atoms with E-state index in [-0.39, 0.29) is 6.10 Å². The van der Waals surface area contributed by atoms with Crippen LogP contribution in [0.25, 0.3) is 0 Å². The average molecular weight is 224 g/mol. The van der Waals surface area contributed by atoms with Crippen molar-refractivity contribution in [3.05, 3.63) is 12.7 Å². The first-order valence-corrected chi connectivity index (χ1v) is 7.06. The molecule has 0 amide bonds. The second kappa shape index (κ2) is 7.89. The fraction of sp³-hybridized carbons (Fsp3) is 0.867. The monoisotopic (exact) mass is 224 g/mol. The minimum atomic E-state index is -0.0786. The van der Waals surface area contributed by atoms with E-state index in [1.54, 1.807) is 0 Å². The van der Waals surface area contributed by atoms with E-state index in [0.29, 0.717) is 5.92 Å². The molecule has 1 rings (SSSR count). The van der Waals surface area contributed by atoms with Gasteiger partial charge in [0.1, 0.15) is 0 Å². The number of hydrogen-bond donors (Lipinski definition) is 1. The Kier molecular flexibility index (Phi) is 6.79. The average Bonchev–Trinajstić information content (AvgIpc) is 2.34. The zero-order valence-corrected chi connectivity index (χ0v) is 10.8. The molecule has 94 valence electrons. The Balaban J connectivity index is 2.17. The van der Waals surface area contributed by atoms with Gasteiger partial charge in [-0.15, -0.1) is 6.58 Å².